The third-order valence-corrected chi connectivity index (χ3v) is 3.16. The zero-order valence-corrected chi connectivity index (χ0v) is 9.50. The van der Waals surface area contributed by atoms with Crippen LogP contribution in [0.1, 0.15) is 33.1 Å². The van der Waals surface area contributed by atoms with E-state index in [1.54, 1.807) is 0 Å². The van der Waals surface area contributed by atoms with Crippen molar-refractivity contribution in [3.8, 4) is 0 Å². The molecule has 1 heterocycles. The molecule has 2 unspecified atom stereocenters. The van der Waals surface area contributed by atoms with Gasteiger partial charge in [-0.15, -0.1) is 6.58 Å². The van der Waals surface area contributed by atoms with Crippen molar-refractivity contribution in [1.29, 1.82) is 0 Å². The lowest BCUT2D eigenvalue weighted by Gasteiger charge is -2.35. The van der Waals surface area contributed by atoms with Gasteiger partial charge < -0.3 is 10.0 Å². The van der Waals surface area contributed by atoms with Gasteiger partial charge in [-0.3, -0.25) is 0 Å². The highest BCUT2D eigenvalue weighted by Crippen LogP contribution is 2.20. The van der Waals surface area contributed by atoms with Gasteiger partial charge in [0.15, 0.2) is 0 Å². The van der Waals surface area contributed by atoms with Crippen molar-refractivity contribution in [3.63, 3.8) is 0 Å². The maximum atomic E-state index is 9.72. The number of rotatable bonds is 4. The van der Waals surface area contributed by atoms with Gasteiger partial charge in [0.05, 0.1) is 6.10 Å². The smallest absolute Gasteiger partial charge is 0.0592 e. The van der Waals surface area contributed by atoms with E-state index in [2.05, 4.69) is 25.3 Å². The van der Waals surface area contributed by atoms with E-state index in [1.165, 1.54) is 5.57 Å². The first-order chi connectivity index (χ1) is 6.63. The molecule has 0 spiro atoms. The van der Waals surface area contributed by atoms with Crippen LogP contribution < -0.4 is 0 Å². The lowest BCUT2D eigenvalue weighted by Crippen LogP contribution is -2.43. The summed E-state index contributed by atoms with van der Waals surface area (Å²) in [5.41, 5.74) is 1.25. The number of piperidine rings is 1. The highest BCUT2D eigenvalue weighted by Gasteiger charge is 2.25. The Hall–Kier alpha value is -0.340. The van der Waals surface area contributed by atoms with Crippen LogP contribution in [0, 0.1) is 5.92 Å². The average molecular weight is 197 g/mol. The third kappa shape index (κ3) is 3.43. The molecule has 0 aromatic heterocycles. The van der Waals surface area contributed by atoms with Crippen LogP contribution in [0.25, 0.3) is 0 Å². The Balaban J connectivity index is 2.31. The van der Waals surface area contributed by atoms with E-state index in [1.807, 2.05) is 0 Å². The summed E-state index contributed by atoms with van der Waals surface area (Å²) in [7, 11) is 0. The summed E-state index contributed by atoms with van der Waals surface area (Å²) in [5, 5.41) is 9.72. The molecule has 0 aliphatic carbocycles. The van der Waals surface area contributed by atoms with Crippen LogP contribution in [-0.4, -0.2) is 35.7 Å². The molecule has 82 valence electrons. The van der Waals surface area contributed by atoms with E-state index < -0.39 is 0 Å². The lowest BCUT2D eigenvalue weighted by molar-refractivity contribution is 0.0257. The number of hydrogen-bond donors (Lipinski definition) is 1. The Kier molecular flexibility index (Phi) is 4.63. The van der Waals surface area contributed by atoms with Gasteiger partial charge in [-0.05, 0) is 32.1 Å². The Morgan fingerprint density at radius 2 is 2.29 bits per heavy atom. The predicted molar refractivity (Wildman–Crippen MR) is 60.3 cm³/mol. The van der Waals surface area contributed by atoms with Gasteiger partial charge in [-0.1, -0.05) is 12.5 Å². The van der Waals surface area contributed by atoms with Gasteiger partial charge in [-0.25, -0.2) is 0 Å². The van der Waals surface area contributed by atoms with Crippen molar-refractivity contribution in [2.24, 2.45) is 5.92 Å². The highest BCUT2D eigenvalue weighted by molar-refractivity contribution is 4.90. The maximum absolute atomic E-state index is 9.72. The summed E-state index contributed by atoms with van der Waals surface area (Å²) in [6.07, 6.45) is 3.05. The lowest BCUT2D eigenvalue weighted by atomic mass is 9.92. The molecule has 1 aliphatic rings. The van der Waals surface area contributed by atoms with E-state index >= 15 is 0 Å². The summed E-state index contributed by atoms with van der Waals surface area (Å²) in [6.45, 7) is 11.4. The Morgan fingerprint density at radius 3 is 2.86 bits per heavy atom. The van der Waals surface area contributed by atoms with Crippen molar-refractivity contribution >= 4 is 0 Å². The van der Waals surface area contributed by atoms with E-state index in [9.17, 15) is 5.11 Å². The second kappa shape index (κ2) is 5.52. The topological polar surface area (TPSA) is 23.5 Å². The molecule has 1 aliphatic heterocycles. The molecule has 0 amide bonds. The summed E-state index contributed by atoms with van der Waals surface area (Å²) < 4.78 is 0. The normalized spacial score (nSPS) is 29.1. The standard InChI is InChI=1S/C12H23NO/c1-4-11-9-13(7-5-10(2)3)8-6-12(11)14/h11-12,14H,2,4-9H2,1,3H3. The molecule has 1 N–H and O–H groups in total. The van der Waals surface area contributed by atoms with Crippen molar-refractivity contribution in [2.45, 2.75) is 39.2 Å². The Labute approximate surface area is 87.6 Å². The van der Waals surface area contributed by atoms with Crippen LogP contribution in [-0.2, 0) is 0 Å². The highest BCUT2D eigenvalue weighted by atomic mass is 16.3. The minimum atomic E-state index is -0.0684. The monoisotopic (exact) mass is 197 g/mol. The predicted octanol–water partition coefficient (Wildman–Crippen LogP) is 2.05. The van der Waals surface area contributed by atoms with Gasteiger partial charge >= 0.3 is 0 Å². The molecule has 0 bridgehead atoms. The number of nitrogens with zero attached hydrogens (tertiary/aromatic N) is 1. The molecule has 2 nitrogen and oxygen atoms in total. The van der Waals surface area contributed by atoms with Gasteiger partial charge in [0.25, 0.3) is 0 Å². The first-order valence-electron chi connectivity index (χ1n) is 5.68. The van der Waals surface area contributed by atoms with Crippen molar-refractivity contribution in [2.75, 3.05) is 19.6 Å². The van der Waals surface area contributed by atoms with Gasteiger partial charge in [0.1, 0.15) is 0 Å². The molecule has 0 saturated carbocycles. The molecule has 2 heteroatoms. The minimum absolute atomic E-state index is 0.0684. The molecule has 1 saturated heterocycles. The first-order valence-corrected chi connectivity index (χ1v) is 5.68. The van der Waals surface area contributed by atoms with E-state index in [0.717, 1.165) is 38.9 Å². The fraction of sp³-hybridized carbons (Fsp3) is 0.833. The fourth-order valence-electron chi connectivity index (χ4n) is 2.05. The van der Waals surface area contributed by atoms with Crippen LogP contribution in [0.5, 0.6) is 0 Å². The van der Waals surface area contributed by atoms with Crippen LogP contribution in [0.2, 0.25) is 0 Å². The zero-order valence-electron chi connectivity index (χ0n) is 9.50. The zero-order chi connectivity index (χ0) is 10.6. The fourth-order valence-corrected chi connectivity index (χ4v) is 2.05. The van der Waals surface area contributed by atoms with Crippen molar-refractivity contribution in [1.82, 2.24) is 4.90 Å². The maximum Gasteiger partial charge on any atom is 0.0592 e. The second-order valence-electron chi connectivity index (χ2n) is 4.53. The molecule has 1 rings (SSSR count). The molecule has 0 radical (unpaired) electrons. The van der Waals surface area contributed by atoms with Crippen LogP contribution in [0.15, 0.2) is 12.2 Å². The van der Waals surface area contributed by atoms with Crippen LogP contribution in [0.4, 0.5) is 0 Å². The molecular formula is C12H23NO. The molecular weight excluding hydrogens is 174 g/mol. The van der Waals surface area contributed by atoms with Gasteiger partial charge in [0, 0.05) is 19.6 Å². The Bertz CT molecular complexity index is 191. The first kappa shape index (κ1) is 11.7. The summed E-state index contributed by atoms with van der Waals surface area (Å²) in [6, 6.07) is 0. The molecule has 2 atom stereocenters. The SMILES string of the molecule is C=C(C)CCN1CCC(O)C(CC)C1. The van der Waals surface area contributed by atoms with E-state index in [4.69, 9.17) is 0 Å². The van der Waals surface area contributed by atoms with E-state index in [-0.39, 0.29) is 6.10 Å². The van der Waals surface area contributed by atoms with Gasteiger partial charge in [-0.2, -0.15) is 0 Å². The average Bonchev–Trinajstić information content (AvgIpc) is 2.16. The second-order valence-corrected chi connectivity index (χ2v) is 4.53. The summed E-state index contributed by atoms with van der Waals surface area (Å²) >= 11 is 0. The number of hydrogen-bond acceptors (Lipinski definition) is 2. The summed E-state index contributed by atoms with van der Waals surface area (Å²) in [4.78, 5) is 2.45. The largest absolute Gasteiger partial charge is 0.393 e. The summed E-state index contributed by atoms with van der Waals surface area (Å²) in [5.74, 6) is 0.480. The molecule has 0 aromatic rings. The third-order valence-electron chi connectivity index (χ3n) is 3.16. The van der Waals surface area contributed by atoms with Crippen molar-refractivity contribution in [3.05, 3.63) is 12.2 Å². The molecule has 0 aromatic carbocycles. The Morgan fingerprint density at radius 1 is 1.57 bits per heavy atom. The quantitative estimate of drug-likeness (QED) is 0.697. The van der Waals surface area contributed by atoms with E-state index in [0.29, 0.717) is 5.92 Å². The number of aliphatic hydroxyl groups excluding tert-OH is 1. The molecule has 1 fully saturated rings. The van der Waals surface area contributed by atoms with Crippen LogP contribution in [0.3, 0.4) is 0 Å². The van der Waals surface area contributed by atoms with Crippen molar-refractivity contribution < 1.29 is 5.11 Å². The number of aliphatic hydroxyl groups is 1. The van der Waals surface area contributed by atoms with Gasteiger partial charge in [0.2, 0.25) is 0 Å². The molecule has 14 heavy (non-hydrogen) atoms. The number of likely N-dealkylation sites (tertiary alicyclic amines) is 1. The van der Waals surface area contributed by atoms with Crippen LogP contribution >= 0.6 is 0 Å². The minimum Gasteiger partial charge on any atom is -0.393 e.